The van der Waals surface area contributed by atoms with E-state index in [2.05, 4.69) is 110 Å². The molecule has 0 heterocycles. The summed E-state index contributed by atoms with van der Waals surface area (Å²) in [7, 11) is -0.938. The standard InChI is InChI=1S/C27H35IO3Si/c1-22(21-29)16-17-23(30-5)20-24(18-19-28)31-32(27(2,3)4,25-12-8-6-9-13-25)26-14-10-7-11-15-26/h6-16,18-19,21,23-24H,17,20H2,1-5H3/b19-18+,22-16-/t23-,24+/m0/s1. The predicted octanol–water partition coefficient (Wildman–Crippen LogP) is 5.82. The van der Waals surface area contributed by atoms with Gasteiger partial charge in [0.05, 0.1) is 12.2 Å². The van der Waals surface area contributed by atoms with Gasteiger partial charge in [-0.15, -0.1) is 0 Å². The van der Waals surface area contributed by atoms with Gasteiger partial charge in [-0.25, -0.2) is 0 Å². The van der Waals surface area contributed by atoms with E-state index in [4.69, 9.17) is 9.16 Å². The summed E-state index contributed by atoms with van der Waals surface area (Å²) in [5.74, 6) is 0. The van der Waals surface area contributed by atoms with Crippen LogP contribution < -0.4 is 10.4 Å². The highest BCUT2D eigenvalue weighted by atomic mass is 127. The van der Waals surface area contributed by atoms with Crippen molar-refractivity contribution in [2.45, 2.75) is 57.8 Å². The van der Waals surface area contributed by atoms with E-state index < -0.39 is 8.32 Å². The Hall–Kier alpha value is -1.54. The molecule has 32 heavy (non-hydrogen) atoms. The van der Waals surface area contributed by atoms with Crippen molar-refractivity contribution in [3.05, 3.63) is 82.5 Å². The highest BCUT2D eigenvalue weighted by Gasteiger charge is 2.51. The second-order valence-corrected chi connectivity index (χ2v) is 14.0. The van der Waals surface area contributed by atoms with E-state index in [-0.39, 0.29) is 17.2 Å². The van der Waals surface area contributed by atoms with Crippen molar-refractivity contribution in [2.24, 2.45) is 0 Å². The number of allylic oxidation sites excluding steroid dienone is 1. The molecular formula is C27H35IO3Si. The number of rotatable bonds is 11. The number of carbonyl (C=O) groups is 1. The highest BCUT2D eigenvalue weighted by molar-refractivity contribution is 14.1. The Morgan fingerprint density at radius 1 is 1.03 bits per heavy atom. The molecule has 0 unspecified atom stereocenters. The van der Waals surface area contributed by atoms with E-state index in [0.29, 0.717) is 12.8 Å². The van der Waals surface area contributed by atoms with Crippen molar-refractivity contribution in [3.8, 4) is 0 Å². The summed E-state index contributed by atoms with van der Waals surface area (Å²) in [4.78, 5) is 11.0. The number of hydrogen-bond donors (Lipinski definition) is 0. The number of carbonyl (C=O) groups excluding carboxylic acids is 1. The molecule has 0 spiro atoms. The van der Waals surface area contributed by atoms with E-state index >= 15 is 0 Å². The topological polar surface area (TPSA) is 35.5 Å². The molecule has 5 heteroatoms. The zero-order valence-corrected chi connectivity index (χ0v) is 22.9. The first-order valence-corrected chi connectivity index (χ1v) is 14.1. The van der Waals surface area contributed by atoms with Crippen molar-refractivity contribution >= 4 is 47.6 Å². The fraction of sp³-hybridized carbons (Fsp3) is 0.370. The van der Waals surface area contributed by atoms with Crippen LogP contribution in [0.1, 0.15) is 40.5 Å². The first-order chi connectivity index (χ1) is 15.3. The lowest BCUT2D eigenvalue weighted by Crippen LogP contribution is -2.67. The number of halogens is 1. The Morgan fingerprint density at radius 3 is 1.97 bits per heavy atom. The first-order valence-electron chi connectivity index (χ1n) is 11.0. The van der Waals surface area contributed by atoms with Crippen LogP contribution in [0.15, 0.2) is 82.5 Å². The van der Waals surface area contributed by atoms with Crippen LogP contribution in [-0.4, -0.2) is 33.9 Å². The third-order valence-electron chi connectivity index (χ3n) is 5.75. The van der Waals surface area contributed by atoms with Crippen molar-refractivity contribution < 1.29 is 14.0 Å². The maximum Gasteiger partial charge on any atom is 0.261 e. The molecule has 172 valence electrons. The minimum Gasteiger partial charge on any atom is -0.401 e. The second kappa shape index (κ2) is 12.6. The minimum atomic E-state index is -2.66. The van der Waals surface area contributed by atoms with Gasteiger partial charge in [-0.2, -0.15) is 0 Å². The lowest BCUT2D eigenvalue weighted by atomic mass is 10.1. The molecule has 2 atom stereocenters. The Labute approximate surface area is 208 Å². The molecule has 2 aromatic carbocycles. The van der Waals surface area contributed by atoms with E-state index in [0.717, 1.165) is 11.9 Å². The summed E-state index contributed by atoms with van der Waals surface area (Å²) in [5.41, 5.74) is 0.723. The van der Waals surface area contributed by atoms with Crippen LogP contribution in [0.3, 0.4) is 0 Å². The van der Waals surface area contributed by atoms with Crippen LogP contribution >= 0.6 is 22.6 Å². The summed E-state index contributed by atoms with van der Waals surface area (Å²) in [6, 6.07) is 21.3. The highest BCUT2D eigenvalue weighted by Crippen LogP contribution is 2.38. The second-order valence-electron chi connectivity index (χ2n) is 9.03. The van der Waals surface area contributed by atoms with Gasteiger partial charge in [-0.3, -0.25) is 4.79 Å². The monoisotopic (exact) mass is 562 g/mol. The van der Waals surface area contributed by atoms with Gasteiger partial charge in [0.15, 0.2) is 0 Å². The first kappa shape index (κ1) is 26.7. The van der Waals surface area contributed by atoms with Crippen molar-refractivity contribution in [1.82, 2.24) is 0 Å². The van der Waals surface area contributed by atoms with Gasteiger partial charge in [-0.05, 0) is 38.4 Å². The molecular weight excluding hydrogens is 527 g/mol. The maximum atomic E-state index is 11.0. The van der Waals surface area contributed by atoms with Crippen molar-refractivity contribution in [2.75, 3.05) is 7.11 Å². The van der Waals surface area contributed by atoms with Crippen LogP contribution in [0, 0.1) is 0 Å². The van der Waals surface area contributed by atoms with Gasteiger partial charge in [0.25, 0.3) is 8.32 Å². The zero-order chi connectivity index (χ0) is 23.6. The van der Waals surface area contributed by atoms with Crippen LogP contribution in [0.25, 0.3) is 0 Å². The molecule has 3 nitrogen and oxygen atoms in total. The molecule has 0 aliphatic heterocycles. The Kier molecular flexibility index (Phi) is 10.5. The molecule has 0 radical (unpaired) electrons. The summed E-state index contributed by atoms with van der Waals surface area (Å²) < 4.78 is 15.1. The Morgan fingerprint density at radius 2 is 1.56 bits per heavy atom. The van der Waals surface area contributed by atoms with E-state index in [1.165, 1.54) is 10.4 Å². The molecule has 0 aromatic heterocycles. The largest absolute Gasteiger partial charge is 0.401 e. The van der Waals surface area contributed by atoms with Crippen molar-refractivity contribution in [3.63, 3.8) is 0 Å². The molecule has 0 fully saturated rings. The molecule has 0 saturated heterocycles. The van der Waals surface area contributed by atoms with Crippen LogP contribution in [0.5, 0.6) is 0 Å². The van der Waals surface area contributed by atoms with Gasteiger partial charge in [-0.1, -0.05) is 116 Å². The van der Waals surface area contributed by atoms with Gasteiger partial charge in [0.2, 0.25) is 0 Å². The average molecular weight is 563 g/mol. The van der Waals surface area contributed by atoms with Crippen LogP contribution in [0.4, 0.5) is 0 Å². The number of aldehydes is 1. The van der Waals surface area contributed by atoms with Crippen LogP contribution in [0.2, 0.25) is 5.04 Å². The fourth-order valence-electron chi connectivity index (χ4n) is 4.08. The number of benzene rings is 2. The maximum absolute atomic E-state index is 11.0. The van der Waals surface area contributed by atoms with E-state index in [1.54, 1.807) is 7.11 Å². The van der Waals surface area contributed by atoms with Crippen molar-refractivity contribution in [1.29, 1.82) is 0 Å². The number of methoxy groups -OCH3 is 1. The SMILES string of the molecule is CO[C@@H](C/C=C(/C)C=O)C[C@@H](/C=C/I)O[Si](c1ccccc1)(c1ccccc1)C(C)(C)C. The number of ether oxygens (including phenoxy) is 1. The third kappa shape index (κ3) is 6.73. The minimum absolute atomic E-state index is 0.0410. The molecule has 0 aliphatic carbocycles. The lowest BCUT2D eigenvalue weighted by molar-refractivity contribution is -0.104. The Balaban J connectivity index is 2.53. The summed E-state index contributed by atoms with van der Waals surface area (Å²) in [6.07, 6.45) is 6.18. The third-order valence-corrected chi connectivity index (χ3v) is 11.2. The normalized spacial score (nSPS) is 15.0. The smallest absolute Gasteiger partial charge is 0.261 e. The summed E-state index contributed by atoms with van der Waals surface area (Å²) >= 11 is 2.26. The Bertz CT molecular complexity index is 849. The van der Waals surface area contributed by atoms with Gasteiger partial charge in [0.1, 0.15) is 6.29 Å². The number of hydrogen-bond acceptors (Lipinski definition) is 3. The van der Waals surface area contributed by atoms with Gasteiger partial charge < -0.3 is 9.16 Å². The molecule has 2 aromatic rings. The molecule has 0 aliphatic rings. The van der Waals surface area contributed by atoms with E-state index in [9.17, 15) is 4.79 Å². The van der Waals surface area contributed by atoms with Gasteiger partial charge in [0, 0.05) is 13.5 Å². The molecule has 0 saturated carbocycles. The molecule has 0 bridgehead atoms. The van der Waals surface area contributed by atoms with Crippen LogP contribution in [-0.2, 0) is 14.0 Å². The lowest BCUT2D eigenvalue weighted by Gasteiger charge is -2.45. The zero-order valence-electron chi connectivity index (χ0n) is 19.8. The molecule has 2 rings (SSSR count). The average Bonchev–Trinajstić information content (AvgIpc) is 2.80. The van der Waals surface area contributed by atoms with E-state index in [1.807, 2.05) is 17.1 Å². The van der Waals surface area contributed by atoms with Gasteiger partial charge >= 0.3 is 0 Å². The summed E-state index contributed by atoms with van der Waals surface area (Å²) in [5, 5.41) is 2.43. The quantitative estimate of drug-likeness (QED) is 0.150. The molecule has 0 amide bonds. The molecule has 0 N–H and O–H groups in total. The predicted molar refractivity (Wildman–Crippen MR) is 146 cm³/mol. The fourth-order valence-corrected chi connectivity index (χ4v) is 9.19. The summed E-state index contributed by atoms with van der Waals surface area (Å²) in [6.45, 7) is 8.68.